The van der Waals surface area contributed by atoms with Crippen molar-refractivity contribution < 1.29 is 18.8 Å². The smallest absolute Gasteiger partial charge is 0.261 e. The van der Waals surface area contributed by atoms with E-state index in [1.165, 1.54) is 18.4 Å². The molecule has 2 aromatic rings. The molecule has 6 heteroatoms. The fourth-order valence-electron chi connectivity index (χ4n) is 2.60. The lowest BCUT2D eigenvalue weighted by atomic mass is 10.00. The van der Waals surface area contributed by atoms with Gasteiger partial charge in [-0.05, 0) is 50.6 Å². The van der Waals surface area contributed by atoms with Gasteiger partial charge in [0.2, 0.25) is 0 Å². The lowest BCUT2D eigenvalue weighted by Crippen LogP contribution is -2.42. The molecule has 130 valence electrons. The summed E-state index contributed by atoms with van der Waals surface area (Å²) >= 11 is 0. The molecule has 2 heterocycles. The minimum atomic E-state index is -0.416. The van der Waals surface area contributed by atoms with Crippen molar-refractivity contribution >= 4 is 17.7 Å². The Bertz CT molecular complexity index is 837. The minimum absolute atomic E-state index is 0.0732. The van der Waals surface area contributed by atoms with E-state index in [9.17, 15) is 14.4 Å². The second-order valence-electron chi connectivity index (χ2n) is 6.73. The van der Waals surface area contributed by atoms with E-state index in [4.69, 9.17) is 4.42 Å². The summed E-state index contributed by atoms with van der Waals surface area (Å²) < 4.78 is 5.21. The molecule has 0 aliphatic carbocycles. The molecule has 0 unspecified atom stereocenters. The molecule has 1 aromatic carbocycles. The summed E-state index contributed by atoms with van der Waals surface area (Å²) in [5.41, 5.74) is 0.573. The minimum Gasteiger partial charge on any atom is -0.467 e. The third-order valence-electron chi connectivity index (χ3n) is 4.46. The van der Waals surface area contributed by atoms with Crippen LogP contribution in [-0.4, -0.2) is 28.2 Å². The zero-order valence-corrected chi connectivity index (χ0v) is 14.5. The molecule has 0 spiro atoms. The van der Waals surface area contributed by atoms with Gasteiger partial charge in [-0.3, -0.25) is 19.3 Å². The highest BCUT2D eigenvalue weighted by Gasteiger charge is 2.36. The van der Waals surface area contributed by atoms with Crippen LogP contribution in [0.4, 0.5) is 0 Å². The highest BCUT2D eigenvalue weighted by Crippen LogP contribution is 2.26. The first-order valence-corrected chi connectivity index (χ1v) is 8.17. The molecule has 3 rings (SSSR count). The lowest BCUT2D eigenvalue weighted by Gasteiger charge is -2.24. The fraction of sp³-hybridized carbons (Fsp3) is 0.316. The van der Waals surface area contributed by atoms with Crippen molar-refractivity contribution in [1.82, 2.24) is 10.2 Å². The maximum absolute atomic E-state index is 12.6. The van der Waals surface area contributed by atoms with Crippen LogP contribution in [0.1, 0.15) is 64.0 Å². The normalized spacial score (nSPS) is 14.0. The van der Waals surface area contributed by atoms with Gasteiger partial charge in [0.15, 0.2) is 0 Å². The van der Waals surface area contributed by atoms with Crippen molar-refractivity contribution in [2.75, 3.05) is 0 Å². The molecule has 3 amide bonds. The molecule has 0 atom stereocenters. The molecule has 0 fully saturated rings. The van der Waals surface area contributed by atoms with Crippen LogP contribution in [0.3, 0.4) is 0 Å². The van der Waals surface area contributed by atoms with Gasteiger partial charge in [0, 0.05) is 11.1 Å². The summed E-state index contributed by atoms with van der Waals surface area (Å²) in [6.07, 6.45) is 2.27. The zero-order chi connectivity index (χ0) is 18.2. The van der Waals surface area contributed by atoms with Gasteiger partial charge in [-0.2, -0.15) is 0 Å². The van der Waals surface area contributed by atoms with Crippen LogP contribution in [0.5, 0.6) is 0 Å². The van der Waals surface area contributed by atoms with Gasteiger partial charge >= 0.3 is 0 Å². The summed E-state index contributed by atoms with van der Waals surface area (Å²) in [5, 5.41) is 2.92. The third kappa shape index (κ3) is 3.20. The van der Waals surface area contributed by atoms with E-state index in [0.717, 1.165) is 11.3 Å². The maximum Gasteiger partial charge on any atom is 0.261 e. The summed E-state index contributed by atoms with van der Waals surface area (Å²) in [4.78, 5) is 38.6. The van der Waals surface area contributed by atoms with Crippen molar-refractivity contribution in [1.29, 1.82) is 0 Å². The molecule has 1 aromatic heterocycles. The molecule has 1 aliphatic heterocycles. The van der Waals surface area contributed by atoms with Crippen molar-refractivity contribution in [2.24, 2.45) is 0 Å². The van der Waals surface area contributed by atoms with Gasteiger partial charge in [0.05, 0.1) is 23.9 Å². The molecule has 1 N–H and O–H groups in total. The zero-order valence-electron chi connectivity index (χ0n) is 14.5. The number of nitrogens with zero attached hydrogens (tertiary/aromatic N) is 1. The Labute approximate surface area is 145 Å². The SMILES string of the molecule is CCC(C)(C)NC(=O)c1ccc2c(c1)C(=O)N(Cc1ccco1)C2=O. The fourth-order valence-corrected chi connectivity index (χ4v) is 2.60. The monoisotopic (exact) mass is 340 g/mol. The van der Waals surface area contributed by atoms with Crippen LogP contribution < -0.4 is 5.32 Å². The highest BCUT2D eigenvalue weighted by atomic mass is 16.3. The molecule has 1 aliphatic rings. The van der Waals surface area contributed by atoms with E-state index in [-0.39, 0.29) is 29.5 Å². The van der Waals surface area contributed by atoms with Crippen molar-refractivity contribution in [3.8, 4) is 0 Å². The topological polar surface area (TPSA) is 79.6 Å². The van der Waals surface area contributed by atoms with Crippen molar-refractivity contribution in [2.45, 2.75) is 39.3 Å². The molecule has 0 bridgehead atoms. The average molecular weight is 340 g/mol. The lowest BCUT2D eigenvalue weighted by molar-refractivity contribution is 0.0631. The van der Waals surface area contributed by atoms with Crippen LogP contribution in [0, 0.1) is 0 Å². The number of fused-ring (bicyclic) bond motifs is 1. The van der Waals surface area contributed by atoms with E-state index in [1.54, 1.807) is 18.2 Å². The Hall–Kier alpha value is -2.89. The molecule has 0 radical (unpaired) electrons. The summed E-state index contributed by atoms with van der Waals surface area (Å²) in [5.74, 6) is -0.533. The summed E-state index contributed by atoms with van der Waals surface area (Å²) in [6.45, 7) is 5.91. The second kappa shape index (κ2) is 6.20. The van der Waals surface area contributed by atoms with E-state index >= 15 is 0 Å². The van der Waals surface area contributed by atoms with Crippen LogP contribution in [0.15, 0.2) is 41.0 Å². The Balaban J connectivity index is 1.85. The van der Waals surface area contributed by atoms with Crippen LogP contribution in [-0.2, 0) is 6.54 Å². The molecule has 25 heavy (non-hydrogen) atoms. The number of benzene rings is 1. The number of carbonyl (C=O) groups excluding carboxylic acids is 3. The van der Waals surface area contributed by atoms with Crippen LogP contribution in [0.2, 0.25) is 0 Å². The third-order valence-corrected chi connectivity index (χ3v) is 4.46. The number of imide groups is 1. The Morgan fingerprint density at radius 2 is 1.88 bits per heavy atom. The summed E-state index contributed by atoms with van der Waals surface area (Å²) in [7, 11) is 0. The van der Waals surface area contributed by atoms with Crippen LogP contribution in [0.25, 0.3) is 0 Å². The molecule has 0 saturated carbocycles. The van der Waals surface area contributed by atoms with E-state index in [2.05, 4.69) is 5.32 Å². The van der Waals surface area contributed by atoms with Gasteiger partial charge in [-0.1, -0.05) is 6.92 Å². The van der Waals surface area contributed by atoms with E-state index in [1.807, 2.05) is 20.8 Å². The van der Waals surface area contributed by atoms with Crippen molar-refractivity contribution in [3.05, 3.63) is 59.0 Å². The molecule has 6 nitrogen and oxygen atoms in total. The molecular formula is C19H20N2O4. The van der Waals surface area contributed by atoms with Crippen molar-refractivity contribution in [3.63, 3.8) is 0 Å². The Kier molecular flexibility index (Phi) is 4.20. The van der Waals surface area contributed by atoms with Crippen LogP contribution >= 0.6 is 0 Å². The first-order valence-electron chi connectivity index (χ1n) is 8.17. The van der Waals surface area contributed by atoms with E-state index < -0.39 is 5.91 Å². The number of furan rings is 1. The number of rotatable bonds is 5. The summed E-state index contributed by atoms with van der Waals surface area (Å²) in [6, 6.07) is 7.99. The predicted octanol–water partition coefficient (Wildman–Crippen LogP) is 2.99. The first-order chi connectivity index (χ1) is 11.8. The standard InChI is InChI=1S/C19H20N2O4/c1-4-19(2,3)20-16(22)12-7-8-14-15(10-12)18(24)21(17(14)23)11-13-6-5-9-25-13/h5-10H,4,11H2,1-3H3,(H,20,22). The Morgan fingerprint density at radius 1 is 1.16 bits per heavy atom. The number of amides is 3. The van der Waals surface area contributed by atoms with Gasteiger partial charge in [-0.15, -0.1) is 0 Å². The molecule has 0 saturated heterocycles. The first kappa shape index (κ1) is 17.0. The predicted molar refractivity (Wildman–Crippen MR) is 91.2 cm³/mol. The number of hydrogen-bond donors (Lipinski definition) is 1. The Morgan fingerprint density at radius 3 is 2.52 bits per heavy atom. The van der Waals surface area contributed by atoms with Gasteiger partial charge in [-0.25, -0.2) is 0 Å². The number of carbonyl (C=O) groups is 3. The highest BCUT2D eigenvalue weighted by molar-refractivity contribution is 6.22. The number of nitrogens with one attached hydrogen (secondary N) is 1. The largest absolute Gasteiger partial charge is 0.467 e. The number of hydrogen-bond acceptors (Lipinski definition) is 4. The second-order valence-corrected chi connectivity index (χ2v) is 6.73. The quantitative estimate of drug-likeness (QED) is 0.849. The van der Waals surface area contributed by atoms with Gasteiger partial charge in [0.1, 0.15) is 5.76 Å². The molecular weight excluding hydrogens is 320 g/mol. The maximum atomic E-state index is 12.6. The average Bonchev–Trinajstić information content (AvgIpc) is 3.17. The van der Waals surface area contributed by atoms with Gasteiger partial charge in [0.25, 0.3) is 17.7 Å². The van der Waals surface area contributed by atoms with E-state index in [0.29, 0.717) is 16.9 Å². The van der Waals surface area contributed by atoms with Gasteiger partial charge < -0.3 is 9.73 Å².